The van der Waals surface area contributed by atoms with E-state index in [0.717, 1.165) is 23.5 Å². The van der Waals surface area contributed by atoms with Gasteiger partial charge in [0.1, 0.15) is 17.1 Å². The average Bonchev–Trinajstić information content (AvgIpc) is 2.88. The van der Waals surface area contributed by atoms with Crippen LogP contribution in [0.4, 0.5) is 0 Å². The Kier molecular flexibility index (Phi) is 3.14. The highest BCUT2D eigenvalue weighted by molar-refractivity contribution is 9.09. The molecule has 2 nitrogen and oxygen atoms in total. The first-order chi connectivity index (χ1) is 8.94. The zero-order chi connectivity index (χ0) is 13.6. The number of hydrogen-bond donors (Lipinski definition) is 0. The van der Waals surface area contributed by atoms with Gasteiger partial charge in [0.2, 0.25) is 0 Å². The summed E-state index contributed by atoms with van der Waals surface area (Å²) in [5, 5.41) is 0.407. The largest absolute Gasteiger partial charge is 0.487 e. The highest BCUT2D eigenvalue weighted by Gasteiger charge is 2.30. The van der Waals surface area contributed by atoms with E-state index >= 15 is 0 Å². The molecule has 2 heterocycles. The minimum atomic E-state index is -0.114. The van der Waals surface area contributed by atoms with Gasteiger partial charge >= 0.3 is 0 Å². The zero-order valence-electron chi connectivity index (χ0n) is 10.7. The molecule has 1 aromatic heterocycles. The number of benzene rings is 1. The van der Waals surface area contributed by atoms with Crippen molar-refractivity contribution in [3.8, 4) is 5.75 Å². The lowest BCUT2D eigenvalue weighted by molar-refractivity contribution is 0.138. The van der Waals surface area contributed by atoms with Gasteiger partial charge in [0.05, 0.1) is 4.83 Å². The first-order valence-electron chi connectivity index (χ1n) is 6.16. The van der Waals surface area contributed by atoms with Crippen molar-refractivity contribution in [2.24, 2.45) is 0 Å². The lowest BCUT2D eigenvalue weighted by Crippen LogP contribution is -2.24. The van der Waals surface area contributed by atoms with Crippen LogP contribution in [0.25, 0.3) is 0 Å². The van der Waals surface area contributed by atoms with Gasteiger partial charge in [0.15, 0.2) is 5.22 Å². The third-order valence-corrected chi connectivity index (χ3v) is 4.41. The lowest BCUT2D eigenvalue weighted by Gasteiger charge is -2.16. The number of rotatable bonds is 2. The standard InChI is InChI=1S/C15H14BrClO2/c1-15(2)8-10-7-9(3-4-11(10)19-15)14(16)12-5-6-13(17)18-12/h3-7,14H,8H2,1-2H3. The van der Waals surface area contributed by atoms with Crippen molar-refractivity contribution in [3.63, 3.8) is 0 Å². The summed E-state index contributed by atoms with van der Waals surface area (Å²) >= 11 is 9.47. The number of ether oxygens (including phenoxy) is 1. The van der Waals surface area contributed by atoms with Gasteiger partial charge in [-0.25, -0.2) is 0 Å². The van der Waals surface area contributed by atoms with E-state index in [0.29, 0.717) is 5.22 Å². The molecule has 3 rings (SSSR count). The van der Waals surface area contributed by atoms with Crippen LogP contribution < -0.4 is 4.74 Å². The Balaban J connectivity index is 1.92. The molecule has 2 aromatic rings. The molecule has 4 heteroatoms. The van der Waals surface area contributed by atoms with E-state index in [1.807, 2.05) is 12.1 Å². The van der Waals surface area contributed by atoms with Crippen LogP contribution >= 0.6 is 27.5 Å². The van der Waals surface area contributed by atoms with Crippen molar-refractivity contribution in [2.75, 3.05) is 0 Å². The van der Waals surface area contributed by atoms with Crippen molar-refractivity contribution in [1.29, 1.82) is 0 Å². The Hall–Kier alpha value is -0.930. The summed E-state index contributed by atoms with van der Waals surface area (Å²) in [6, 6.07) is 9.88. The van der Waals surface area contributed by atoms with Crippen LogP contribution in [0.2, 0.25) is 5.22 Å². The van der Waals surface area contributed by atoms with Crippen LogP contribution in [-0.2, 0) is 6.42 Å². The summed E-state index contributed by atoms with van der Waals surface area (Å²) < 4.78 is 11.3. The molecule has 0 aliphatic carbocycles. The number of furan rings is 1. The summed E-state index contributed by atoms with van der Waals surface area (Å²) in [5.41, 5.74) is 2.27. The van der Waals surface area contributed by atoms with Crippen LogP contribution in [0.5, 0.6) is 5.75 Å². The summed E-state index contributed by atoms with van der Waals surface area (Å²) in [7, 11) is 0. The maximum Gasteiger partial charge on any atom is 0.193 e. The number of alkyl halides is 1. The third kappa shape index (κ3) is 2.54. The highest BCUT2D eigenvalue weighted by Crippen LogP contribution is 2.39. The van der Waals surface area contributed by atoms with E-state index in [-0.39, 0.29) is 10.4 Å². The molecule has 0 saturated carbocycles. The van der Waals surface area contributed by atoms with Crippen molar-refractivity contribution in [3.05, 3.63) is 52.4 Å². The molecule has 0 N–H and O–H groups in total. The molecule has 100 valence electrons. The predicted molar refractivity (Wildman–Crippen MR) is 79.3 cm³/mol. The normalized spacial score (nSPS) is 17.9. The minimum Gasteiger partial charge on any atom is -0.487 e. The molecule has 0 amide bonds. The van der Waals surface area contributed by atoms with Crippen molar-refractivity contribution in [2.45, 2.75) is 30.7 Å². The average molecular weight is 342 g/mol. The van der Waals surface area contributed by atoms with Crippen molar-refractivity contribution < 1.29 is 9.15 Å². The first-order valence-corrected chi connectivity index (χ1v) is 7.45. The topological polar surface area (TPSA) is 22.4 Å². The molecule has 1 aliphatic heterocycles. The highest BCUT2D eigenvalue weighted by atomic mass is 79.9. The summed E-state index contributed by atoms with van der Waals surface area (Å²) in [6.07, 6.45) is 0.925. The van der Waals surface area contributed by atoms with Crippen molar-refractivity contribution >= 4 is 27.5 Å². The smallest absolute Gasteiger partial charge is 0.193 e. The van der Waals surface area contributed by atoms with Crippen LogP contribution in [0, 0.1) is 0 Å². The maximum absolute atomic E-state index is 5.88. The number of hydrogen-bond acceptors (Lipinski definition) is 2. The van der Waals surface area contributed by atoms with Gasteiger partial charge in [-0.15, -0.1) is 0 Å². The number of halogens is 2. The Bertz CT molecular complexity index is 618. The van der Waals surface area contributed by atoms with E-state index in [9.17, 15) is 0 Å². The lowest BCUT2D eigenvalue weighted by atomic mass is 9.99. The van der Waals surface area contributed by atoms with Crippen LogP contribution in [0.1, 0.15) is 35.6 Å². The Morgan fingerprint density at radius 3 is 2.74 bits per heavy atom. The SMILES string of the molecule is CC1(C)Cc2cc(C(Br)c3ccc(Cl)o3)ccc2O1. The second-order valence-corrected chi connectivity index (χ2v) is 6.70. The van der Waals surface area contributed by atoms with E-state index in [1.54, 1.807) is 6.07 Å². The second-order valence-electron chi connectivity index (χ2n) is 5.41. The summed E-state index contributed by atoms with van der Waals surface area (Å²) in [4.78, 5) is 0.00834. The predicted octanol–water partition coefficient (Wildman–Crippen LogP) is 5.13. The van der Waals surface area contributed by atoms with Gasteiger partial charge in [-0.3, -0.25) is 0 Å². The zero-order valence-corrected chi connectivity index (χ0v) is 13.1. The second kappa shape index (κ2) is 4.57. The maximum atomic E-state index is 5.88. The quantitative estimate of drug-likeness (QED) is 0.706. The van der Waals surface area contributed by atoms with E-state index in [1.165, 1.54) is 5.56 Å². The Morgan fingerprint density at radius 2 is 2.05 bits per heavy atom. The molecule has 0 fully saturated rings. The van der Waals surface area contributed by atoms with Gasteiger partial charge in [0.25, 0.3) is 0 Å². The van der Waals surface area contributed by atoms with Gasteiger partial charge < -0.3 is 9.15 Å². The van der Waals surface area contributed by atoms with Gasteiger partial charge in [-0.2, -0.15) is 0 Å². The molecule has 0 spiro atoms. The molecule has 1 atom stereocenters. The molecular weight excluding hydrogens is 328 g/mol. The van der Waals surface area contributed by atoms with Gasteiger partial charge in [0, 0.05) is 6.42 Å². The van der Waals surface area contributed by atoms with E-state index in [2.05, 4.69) is 41.9 Å². The molecule has 0 radical (unpaired) electrons. The molecule has 19 heavy (non-hydrogen) atoms. The van der Waals surface area contributed by atoms with Crippen LogP contribution in [0.3, 0.4) is 0 Å². The molecular formula is C15H14BrClO2. The fourth-order valence-corrected chi connectivity index (χ4v) is 3.10. The van der Waals surface area contributed by atoms with E-state index in [4.69, 9.17) is 20.8 Å². The summed E-state index contributed by atoms with van der Waals surface area (Å²) in [5.74, 6) is 1.79. The Morgan fingerprint density at radius 1 is 1.26 bits per heavy atom. The van der Waals surface area contributed by atoms with Gasteiger partial charge in [-0.1, -0.05) is 28.1 Å². The fraction of sp³-hybridized carbons (Fsp3) is 0.333. The van der Waals surface area contributed by atoms with Crippen LogP contribution in [0.15, 0.2) is 34.7 Å². The third-order valence-electron chi connectivity index (χ3n) is 3.22. The van der Waals surface area contributed by atoms with E-state index < -0.39 is 0 Å². The van der Waals surface area contributed by atoms with Crippen molar-refractivity contribution in [1.82, 2.24) is 0 Å². The Labute approximate surface area is 125 Å². The molecule has 1 unspecified atom stereocenters. The fourth-order valence-electron chi connectivity index (χ4n) is 2.42. The summed E-state index contributed by atoms with van der Waals surface area (Å²) in [6.45, 7) is 4.20. The monoisotopic (exact) mass is 340 g/mol. The van der Waals surface area contributed by atoms with Gasteiger partial charge in [-0.05, 0) is 54.8 Å². The molecule has 1 aromatic carbocycles. The van der Waals surface area contributed by atoms with Crippen LogP contribution in [-0.4, -0.2) is 5.60 Å². The number of fused-ring (bicyclic) bond motifs is 1. The minimum absolute atomic E-state index is 0.00834. The molecule has 0 bridgehead atoms. The first kappa shape index (κ1) is 13.1. The molecule has 1 aliphatic rings. The molecule has 0 saturated heterocycles.